The van der Waals surface area contributed by atoms with Gasteiger partial charge >= 0.3 is 0 Å². The molecule has 6 heteroatoms. The minimum Gasteiger partial charge on any atom is -0.369 e. The summed E-state index contributed by atoms with van der Waals surface area (Å²) in [5, 5.41) is 11.0. The van der Waals surface area contributed by atoms with Gasteiger partial charge in [0.1, 0.15) is 5.69 Å². The lowest BCUT2D eigenvalue weighted by molar-refractivity contribution is -0.741. The van der Waals surface area contributed by atoms with Crippen molar-refractivity contribution in [3.8, 4) is 11.3 Å². The quantitative estimate of drug-likeness (QED) is 0.288. The van der Waals surface area contributed by atoms with E-state index < -0.39 is 0 Å². The number of nitrogens with one attached hydrogen (secondary N) is 1. The van der Waals surface area contributed by atoms with Gasteiger partial charge in [-0.1, -0.05) is 60.7 Å². The highest BCUT2D eigenvalue weighted by Crippen LogP contribution is 2.19. The van der Waals surface area contributed by atoms with Crippen molar-refractivity contribution < 1.29 is 4.68 Å². The third-order valence-corrected chi connectivity index (χ3v) is 3.47. The fourth-order valence-corrected chi connectivity index (χ4v) is 2.43. The molecule has 0 saturated heterocycles. The molecule has 2 aromatic carbocycles. The van der Waals surface area contributed by atoms with Crippen LogP contribution < -0.4 is 16.1 Å². The van der Waals surface area contributed by atoms with E-state index in [1.165, 1.54) is 5.56 Å². The molecule has 1 aromatic heterocycles. The number of nitrogens with zero attached hydrogens (tertiary/aromatic N) is 3. The van der Waals surface area contributed by atoms with Gasteiger partial charge in [0.25, 0.3) is 0 Å². The largest absolute Gasteiger partial charge is 0.369 e. The van der Waals surface area contributed by atoms with Gasteiger partial charge in [-0.3, -0.25) is 0 Å². The van der Waals surface area contributed by atoms with Crippen molar-refractivity contribution in [3.63, 3.8) is 0 Å². The summed E-state index contributed by atoms with van der Waals surface area (Å²) in [4.78, 5) is 0. The number of benzene rings is 2. The lowest BCUT2D eigenvalue weighted by atomic mass is 10.1. The molecule has 0 aliphatic rings. The van der Waals surface area contributed by atoms with Crippen molar-refractivity contribution >= 4 is 12.2 Å². The summed E-state index contributed by atoms with van der Waals surface area (Å²) < 4.78 is 2.01. The molecule has 1 heterocycles. The van der Waals surface area contributed by atoms with E-state index in [4.69, 9.17) is 11.5 Å². The average Bonchev–Trinajstić information content (AvgIpc) is 2.99. The number of nitrogens with two attached hydrogens (primary N) is 2. The number of guanidine groups is 1. The van der Waals surface area contributed by atoms with Gasteiger partial charge in [0.05, 0.1) is 11.8 Å². The first kappa shape index (κ1) is 15.5. The molecule has 120 valence electrons. The lowest BCUT2D eigenvalue weighted by Gasteiger charge is -1.96. The molecular formula is C18H19N6+. The summed E-state index contributed by atoms with van der Waals surface area (Å²) in [5.41, 5.74) is 14.8. The third-order valence-electron chi connectivity index (χ3n) is 3.47. The Balaban J connectivity index is 1.96. The highest BCUT2D eigenvalue weighted by molar-refractivity contribution is 5.88. The van der Waals surface area contributed by atoms with Crippen LogP contribution in [0, 0.1) is 0 Å². The molecule has 0 unspecified atom stereocenters. The van der Waals surface area contributed by atoms with E-state index in [-0.39, 0.29) is 5.96 Å². The standard InChI is InChI=1S/C18H18N6/c19-18(20)22-21-11-16-13-24(12-14-7-3-1-4-8-14)23-17(16)15-9-5-2-6-10-15/h1-11,13H,12H2,(H4,19,20,22)/p+1/b21-11+. The molecule has 3 aromatic rings. The first-order chi connectivity index (χ1) is 11.7. The summed E-state index contributed by atoms with van der Waals surface area (Å²) >= 11 is 0. The molecule has 0 bridgehead atoms. The Hall–Kier alpha value is -3.41. The number of hydrogen-bond donors (Lipinski definition) is 3. The minimum absolute atomic E-state index is 0.0693. The fraction of sp³-hybridized carbons (Fsp3) is 0.0556. The van der Waals surface area contributed by atoms with Gasteiger partial charge in [-0.15, -0.1) is 9.78 Å². The molecule has 3 rings (SSSR count). The fourth-order valence-electron chi connectivity index (χ4n) is 2.43. The summed E-state index contributed by atoms with van der Waals surface area (Å²) in [6.45, 7) is 0.733. The molecule has 24 heavy (non-hydrogen) atoms. The summed E-state index contributed by atoms with van der Waals surface area (Å²) in [5.74, 6) is -0.0693. The maximum absolute atomic E-state index is 5.31. The zero-order valence-corrected chi connectivity index (χ0v) is 13.1. The van der Waals surface area contributed by atoms with Crippen LogP contribution in [0.5, 0.6) is 0 Å². The Morgan fingerprint density at radius 2 is 1.67 bits per heavy atom. The van der Waals surface area contributed by atoms with Gasteiger partial charge in [-0.05, 0) is 0 Å². The second-order valence-electron chi connectivity index (χ2n) is 5.32. The van der Waals surface area contributed by atoms with Crippen molar-refractivity contribution in [2.75, 3.05) is 0 Å². The van der Waals surface area contributed by atoms with Crippen molar-refractivity contribution in [1.82, 2.24) is 5.10 Å². The van der Waals surface area contributed by atoms with E-state index in [0.29, 0.717) is 0 Å². The van der Waals surface area contributed by atoms with E-state index in [1.54, 1.807) is 6.21 Å². The highest BCUT2D eigenvalue weighted by atomic mass is 15.3. The van der Waals surface area contributed by atoms with Crippen molar-refractivity contribution in [3.05, 3.63) is 78.0 Å². The molecule has 0 spiro atoms. The Morgan fingerprint density at radius 1 is 1.00 bits per heavy atom. The van der Waals surface area contributed by atoms with Gasteiger partial charge < -0.3 is 11.5 Å². The zero-order valence-electron chi connectivity index (χ0n) is 13.1. The predicted octanol–water partition coefficient (Wildman–Crippen LogP) is 1.62. The van der Waals surface area contributed by atoms with Crippen molar-refractivity contribution in [2.45, 2.75) is 6.54 Å². The number of rotatable bonds is 5. The Bertz CT molecular complexity index is 846. The van der Waals surface area contributed by atoms with Crippen molar-refractivity contribution in [1.29, 1.82) is 0 Å². The molecule has 0 fully saturated rings. The van der Waals surface area contributed by atoms with Crippen LogP contribution in [0.1, 0.15) is 11.1 Å². The summed E-state index contributed by atoms with van der Waals surface area (Å²) in [6, 6.07) is 20.3. The second kappa shape index (κ2) is 7.23. The van der Waals surface area contributed by atoms with Gasteiger partial charge in [0, 0.05) is 11.1 Å². The lowest BCUT2D eigenvalue weighted by Crippen LogP contribution is -2.35. The Kier molecular flexibility index (Phi) is 4.67. The minimum atomic E-state index is -0.0693. The van der Waals surface area contributed by atoms with Crippen LogP contribution in [0.2, 0.25) is 0 Å². The Morgan fingerprint density at radius 3 is 2.33 bits per heavy atom. The number of aromatic amines is 1. The van der Waals surface area contributed by atoms with Gasteiger partial charge in [0.15, 0.2) is 6.54 Å². The zero-order chi connectivity index (χ0) is 16.8. The summed E-state index contributed by atoms with van der Waals surface area (Å²) in [7, 11) is 0. The van der Waals surface area contributed by atoms with E-state index >= 15 is 0 Å². The van der Waals surface area contributed by atoms with Gasteiger partial charge in [-0.2, -0.15) is 10.2 Å². The van der Waals surface area contributed by atoms with E-state index in [0.717, 1.165) is 23.4 Å². The molecule has 0 amide bonds. The maximum atomic E-state index is 5.31. The number of hydrogen-bond acceptors (Lipinski definition) is 2. The monoisotopic (exact) mass is 319 g/mol. The van der Waals surface area contributed by atoms with Crippen LogP contribution in [0.25, 0.3) is 11.3 Å². The average molecular weight is 319 g/mol. The first-order valence-electron chi connectivity index (χ1n) is 7.56. The number of H-pyrrole nitrogens is 1. The normalized spacial score (nSPS) is 10.8. The van der Waals surface area contributed by atoms with Crippen LogP contribution in [0.15, 0.2) is 77.1 Å². The van der Waals surface area contributed by atoms with Crippen LogP contribution in [0.3, 0.4) is 0 Å². The Labute approximate surface area is 140 Å². The molecule has 0 saturated carbocycles. The summed E-state index contributed by atoms with van der Waals surface area (Å²) in [6.07, 6.45) is 3.63. The topological polar surface area (TPSA) is 96.4 Å². The number of aromatic nitrogens is 2. The van der Waals surface area contributed by atoms with Crippen molar-refractivity contribution in [2.24, 2.45) is 21.7 Å². The van der Waals surface area contributed by atoms with E-state index in [1.807, 2.05) is 59.4 Å². The molecule has 5 N–H and O–H groups in total. The van der Waals surface area contributed by atoms with E-state index in [2.05, 4.69) is 27.4 Å². The molecule has 0 aliphatic carbocycles. The van der Waals surface area contributed by atoms with Gasteiger partial charge in [-0.25, -0.2) is 0 Å². The highest BCUT2D eigenvalue weighted by Gasteiger charge is 2.15. The third kappa shape index (κ3) is 3.86. The van der Waals surface area contributed by atoms with Gasteiger partial charge in [0.2, 0.25) is 12.2 Å². The molecule has 0 aliphatic heterocycles. The maximum Gasteiger partial charge on any atom is 0.211 e. The predicted molar refractivity (Wildman–Crippen MR) is 95.4 cm³/mol. The van der Waals surface area contributed by atoms with Crippen LogP contribution >= 0.6 is 0 Å². The first-order valence-corrected chi connectivity index (χ1v) is 7.56. The SMILES string of the molecule is NC(N)=N/N=C/c1c[n+](Cc2ccccc2)[nH]c1-c1ccccc1. The molecule has 0 radical (unpaired) electrons. The molecule has 6 nitrogen and oxygen atoms in total. The van der Waals surface area contributed by atoms with Crippen LogP contribution in [0.4, 0.5) is 0 Å². The smallest absolute Gasteiger partial charge is 0.211 e. The van der Waals surface area contributed by atoms with E-state index in [9.17, 15) is 0 Å². The van der Waals surface area contributed by atoms with Crippen LogP contribution in [-0.2, 0) is 6.54 Å². The molecular weight excluding hydrogens is 300 g/mol. The van der Waals surface area contributed by atoms with Crippen LogP contribution in [-0.4, -0.2) is 17.3 Å². The molecule has 0 atom stereocenters. The second-order valence-corrected chi connectivity index (χ2v) is 5.32.